The van der Waals surface area contributed by atoms with Crippen molar-refractivity contribution in [1.29, 1.82) is 0 Å². The minimum Gasteiger partial charge on any atom is -0.465 e. The monoisotopic (exact) mass is 481 g/mol. The molecule has 0 aliphatic heterocycles. The predicted molar refractivity (Wildman–Crippen MR) is 116 cm³/mol. The first-order valence-electron chi connectivity index (χ1n) is 9.96. The Bertz CT molecular complexity index is 1100. The first kappa shape index (κ1) is 24.3. The summed E-state index contributed by atoms with van der Waals surface area (Å²) in [5.74, 6) is -0.324. The molecule has 0 aliphatic rings. The standard InChI is InChI=1S/C22H22F3N3O4S/c23-22(24,25)32-19-9-7-17(8-10-19)27-20-28(12-4-11-26-21(29)30)18(15-33-20)14-31-13-16-5-2-1-3-6-16/h1-3,5-10,15,26H,4,11-14H2,(H,29,30)/b27-20-. The van der Waals surface area contributed by atoms with Crippen molar-refractivity contribution < 1.29 is 32.5 Å². The van der Waals surface area contributed by atoms with E-state index < -0.39 is 12.5 Å². The van der Waals surface area contributed by atoms with Crippen molar-refractivity contribution >= 4 is 23.1 Å². The van der Waals surface area contributed by atoms with Gasteiger partial charge >= 0.3 is 12.5 Å². The molecule has 0 spiro atoms. The second-order valence-corrected chi connectivity index (χ2v) is 7.72. The second kappa shape index (κ2) is 11.5. The molecule has 1 amide bonds. The Morgan fingerprint density at radius 3 is 2.48 bits per heavy atom. The van der Waals surface area contributed by atoms with Crippen LogP contribution in [0.5, 0.6) is 5.75 Å². The molecule has 1 heterocycles. The van der Waals surface area contributed by atoms with Gasteiger partial charge in [-0.05, 0) is 36.2 Å². The number of carboxylic acid groups (broad SMARTS) is 1. The maximum absolute atomic E-state index is 12.4. The number of halogens is 3. The molecule has 3 aromatic rings. The van der Waals surface area contributed by atoms with Gasteiger partial charge in [-0.2, -0.15) is 0 Å². The molecule has 33 heavy (non-hydrogen) atoms. The van der Waals surface area contributed by atoms with E-state index >= 15 is 0 Å². The normalized spacial score (nSPS) is 12.0. The number of hydrogen-bond acceptors (Lipinski definition) is 5. The van der Waals surface area contributed by atoms with Crippen molar-refractivity contribution in [3.8, 4) is 5.75 Å². The van der Waals surface area contributed by atoms with Crippen LogP contribution in [0.1, 0.15) is 17.7 Å². The fourth-order valence-corrected chi connectivity index (χ4v) is 3.85. The molecule has 176 valence electrons. The summed E-state index contributed by atoms with van der Waals surface area (Å²) in [5, 5.41) is 13.0. The first-order valence-corrected chi connectivity index (χ1v) is 10.8. The van der Waals surface area contributed by atoms with Gasteiger partial charge in [-0.3, -0.25) is 0 Å². The quantitative estimate of drug-likeness (QED) is 0.397. The van der Waals surface area contributed by atoms with Crippen LogP contribution in [-0.4, -0.2) is 28.7 Å². The number of benzene rings is 2. The predicted octanol–water partition coefficient (Wildman–Crippen LogP) is 5.06. The van der Waals surface area contributed by atoms with Crippen LogP contribution in [-0.2, 0) is 24.5 Å². The zero-order valence-corrected chi connectivity index (χ0v) is 18.2. The molecule has 0 radical (unpaired) electrons. The Morgan fingerprint density at radius 2 is 1.82 bits per heavy atom. The van der Waals surface area contributed by atoms with Crippen LogP contribution in [0.3, 0.4) is 0 Å². The van der Waals surface area contributed by atoms with Crippen molar-refractivity contribution in [2.24, 2.45) is 4.99 Å². The van der Waals surface area contributed by atoms with Gasteiger partial charge < -0.3 is 24.5 Å². The van der Waals surface area contributed by atoms with Gasteiger partial charge in [-0.15, -0.1) is 24.5 Å². The van der Waals surface area contributed by atoms with Gasteiger partial charge in [-0.25, -0.2) is 9.79 Å². The molecule has 1 aromatic heterocycles. The molecule has 0 saturated carbocycles. The number of carbonyl (C=O) groups is 1. The lowest BCUT2D eigenvalue weighted by Crippen LogP contribution is -2.25. The second-order valence-electron chi connectivity index (χ2n) is 6.88. The van der Waals surface area contributed by atoms with Crippen molar-refractivity contribution in [3.05, 3.63) is 76.0 Å². The Hall–Kier alpha value is -3.31. The summed E-state index contributed by atoms with van der Waals surface area (Å²) in [4.78, 5) is 15.8. The van der Waals surface area contributed by atoms with Gasteiger partial charge in [-0.1, -0.05) is 30.3 Å². The van der Waals surface area contributed by atoms with Crippen LogP contribution in [0.4, 0.5) is 23.7 Å². The highest BCUT2D eigenvalue weighted by molar-refractivity contribution is 7.07. The summed E-state index contributed by atoms with van der Waals surface area (Å²) in [6, 6.07) is 15.0. The minimum absolute atomic E-state index is 0.269. The van der Waals surface area contributed by atoms with Crippen molar-refractivity contribution in [2.45, 2.75) is 32.5 Å². The highest BCUT2D eigenvalue weighted by Crippen LogP contribution is 2.24. The number of ether oxygens (including phenoxy) is 2. The average molecular weight is 481 g/mol. The summed E-state index contributed by atoms with van der Waals surface area (Å²) in [5.41, 5.74) is 2.36. The molecular weight excluding hydrogens is 459 g/mol. The maximum Gasteiger partial charge on any atom is 0.573 e. The van der Waals surface area contributed by atoms with E-state index in [4.69, 9.17) is 9.84 Å². The number of rotatable bonds is 10. The molecule has 2 N–H and O–H groups in total. The lowest BCUT2D eigenvalue weighted by molar-refractivity contribution is -0.274. The van der Waals surface area contributed by atoms with Crippen LogP contribution in [0.15, 0.2) is 65.0 Å². The lowest BCUT2D eigenvalue weighted by Gasteiger charge is -2.10. The van der Waals surface area contributed by atoms with Gasteiger partial charge in [0.2, 0.25) is 0 Å². The summed E-state index contributed by atoms with van der Waals surface area (Å²) in [6.07, 6.45) is -5.32. The van der Waals surface area contributed by atoms with Crippen LogP contribution in [0.25, 0.3) is 0 Å². The van der Waals surface area contributed by atoms with Crippen LogP contribution in [0.2, 0.25) is 0 Å². The van der Waals surface area contributed by atoms with E-state index in [0.717, 1.165) is 11.3 Å². The van der Waals surface area contributed by atoms with Crippen LogP contribution in [0, 0.1) is 0 Å². The largest absolute Gasteiger partial charge is 0.573 e. The molecule has 3 rings (SSSR count). The summed E-state index contributed by atoms with van der Waals surface area (Å²) in [6.45, 7) is 1.52. The molecule has 0 bridgehead atoms. The highest BCUT2D eigenvalue weighted by atomic mass is 32.1. The van der Waals surface area contributed by atoms with E-state index in [9.17, 15) is 18.0 Å². The molecule has 0 atom stereocenters. The van der Waals surface area contributed by atoms with Crippen LogP contribution < -0.4 is 14.9 Å². The van der Waals surface area contributed by atoms with E-state index in [2.05, 4.69) is 15.0 Å². The number of alkyl halides is 3. The van der Waals surface area contributed by atoms with Crippen molar-refractivity contribution in [3.63, 3.8) is 0 Å². The summed E-state index contributed by atoms with van der Waals surface area (Å²) < 4.78 is 48.7. The Kier molecular flexibility index (Phi) is 8.50. The first-order chi connectivity index (χ1) is 15.8. The zero-order valence-electron chi connectivity index (χ0n) is 17.4. The molecule has 7 nitrogen and oxygen atoms in total. The number of nitrogens with one attached hydrogen (secondary N) is 1. The van der Waals surface area contributed by atoms with E-state index in [1.165, 1.54) is 35.6 Å². The molecule has 0 unspecified atom stereocenters. The van der Waals surface area contributed by atoms with Crippen molar-refractivity contribution in [2.75, 3.05) is 6.54 Å². The Balaban J connectivity index is 1.75. The fraction of sp³-hybridized carbons (Fsp3) is 0.273. The molecule has 0 saturated heterocycles. The molecule has 2 aromatic carbocycles. The number of nitrogens with zero attached hydrogens (tertiary/aromatic N) is 2. The van der Waals surface area contributed by atoms with Gasteiger partial charge in [0, 0.05) is 18.5 Å². The molecule has 0 aliphatic carbocycles. The number of amides is 1. The van der Waals surface area contributed by atoms with E-state index in [-0.39, 0.29) is 12.3 Å². The summed E-state index contributed by atoms with van der Waals surface area (Å²) >= 11 is 1.36. The molecule has 11 heteroatoms. The molecule has 0 fully saturated rings. The number of hydrogen-bond donors (Lipinski definition) is 2. The SMILES string of the molecule is O=C(O)NCCCn1c(COCc2ccccc2)cs/c1=N\c1ccc(OC(F)(F)F)cc1. The topological polar surface area (TPSA) is 85.1 Å². The maximum atomic E-state index is 12.4. The highest BCUT2D eigenvalue weighted by Gasteiger charge is 2.30. The number of thiazole rings is 1. The summed E-state index contributed by atoms with van der Waals surface area (Å²) in [7, 11) is 0. The van der Waals surface area contributed by atoms with Crippen LogP contribution >= 0.6 is 11.3 Å². The zero-order chi connectivity index (χ0) is 23.7. The van der Waals surface area contributed by atoms with Gasteiger partial charge in [0.05, 0.1) is 24.6 Å². The van der Waals surface area contributed by atoms with E-state index in [1.807, 2.05) is 40.3 Å². The fourth-order valence-electron chi connectivity index (χ4n) is 2.92. The molecular formula is C22H22F3N3O4S. The Morgan fingerprint density at radius 1 is 1.09 bits per heavy atom. The smallest absolute Gasteiger partial charge is 0.465 e. The van der Waals surface area contributed by atoms with Gasteiger partial charge in [0.15, 0.2) is 4.80 Å². The lowest BCUT2D eigenvalue weighted by atomic mass is 10.2. The third-order valence-corrected chi connectivity index (χ3v) is 5.28. The van der Waals surface area contributed by atoms with E-state index in [1.54, 1.807) is 0 Å². The average Bonchev–Trinajstić information content (AvgIpc) is 3.13. The van der Waals surface area contributed by atoms with Gasteiger partial charge in [0.1, 0.15) is 5.75 Å². The van der Waals surface area contributed by atoms with E-state index in [0.29, 0.717) is 36.7 Å². The number of aromatic nitrogens is 1. The van der Waals surface area contributed by atoms with Gasteiger partial charge in [0.25, 0.3) is 0 Å². The minimum atomic E-state index is -4.76. The van der Waals surface area contributed by atoms with Crippen molar-refractivity contribution in [1.82, 2.24) is 9.88 Å². The Labute approximate surface area is 191 Å². The third kappa shape index (κ3) is 8.28. The third-order valence-electron chi connectivity index (χ3n) is 4.37.